The van der Waals surface area contributed by atoms with Crippen molar-refractivity contribution in [3.8, 4) is 0 Å². The van der Waals surface area contributed by atoms with Crippen molar-refractivity contribution in [3.63, 3.8) is 0 Å². The molecule has 2 N–H and O–H groups in total. The summed E-state index contributed by atoms with van der Waals surface area (Å²) in [5.74, 6) is -1.34. The van der Waals surface area contributed by atoms with E-state index in [1.165, 1.54) is 11.3 Å². The first-order valence-corrected chi connectivity index (χ1v) is 7.63. The Bertz CT molecular complexity index is 621. The fourth-order valence-electron chi connectivity index (χ4n) is 2.09. The third-order valence-electron chi connectivity index (χ3n) is 3.22. The quantitative estimate of drug-likeness (QED) is 0.862. The van der Waals surface area contributed by atoms with E-state index in [1.54, 1.807) is 0 Å². The number of rotatable bonds is 6. The number of benzene rings is 1. The van der Waals surface area contributed by atoms with Crippen molar-refractivity contribution in [3.05, 3.63) is 57.8 Å². The lowest BCUT2D eigenvalue weighted by molar-refractivity contribution is -0.139. The molecule has 0 aliphatic rings. The van der Waals surface area contributed by atoms with Crippen molar-refractivity contribution in [2.24, 2.45) is 0 Å². The van der Waals surface area contributed by atoms with Gasteiger partial charge >= 0.3 is 5.97 Å². The van der Waals surface area contributed by atoms with Crippen molar-refractivity contribution < 1.29 is 14.7 Å². The number of nitrogens with one attached hydrogen (secondary N) is 1. The maximum atomic E-state index is 12.2. The van der Waals surface area contributed by atoms with E-state index >= 15 is 0 Å². The molecule has 0 aliphatic carbocycles. The van der Waals surface area contributed by atoms with Gasteiger partial charge in [-0.25, -0.2) is 4.79 Å². The zero-order chi connectivity index (χ0) is 15.2. The molecule has 5 heteroatoms. The highest BCUT2D eigenvalue weighted by atomic mass is 32.1. The van der Waals surface area contributed by atoms with Crippen LogP contribution in [0.2, 0.25) is 0 Å². The monoisotopic (exact) mass is 303 g/mol. The molecule has 2 aromatic rings. The number of hydrogen-bond acceptors (Lipinski definition) is 3. The Morgan fingerprint density at radius 1 is 1.24 bits per heavy atom. The predicted octanol–water partition coefficient (Wildman–Crippen LogP) is 2.74. The fraction of sp³-hybridized carbons (Fsp3) is 0.250. The van der Waals surface area contributed by atoms with Crippen LogP contribution >= 0.6 is 11.3 Å². The Hall–Kier alpha value is -2.14. The largest absolute Gasteiger partial charge is 0.480 e. The molecule has 2 rings (SSSR count). The summed E-state index contributed by atoms with van der Waals surface area (Å²) in [4.78, 5) is 24.2. The molecule has 1 aromatic carbocycles. The highest BCUT2D eigenvalue weighted by Crippen LogP contribution is 2.17. The molecule has 4 nitrogen and oxygen atoms in total. The molecule has 1 atom stereocenters. The topological polar surface area (TPSA) is 66.4 Å². The van der Waals surface area contributed by atoms with Crippen LogP contribution in [0.5, 0.6) is 0 Å². The van der Waals surface area contributed by atoms with Gasteiger partial charge in [-0.15, -0.1) is 11.3 Å². The van der Waals surface area contributed by atoms with E-state index < -0.39 is 12.0 Å². The van der Waals surface area contributed by atoms with Crippen LogP contribution < -0.4 is 5.32 Å². The van der Waals surface area contributed by atoms with Gasteiger partial charge in [-0.1, -0.05) is 37.3 Å². The van der Waals surface area contributed by atoms with E-state index in [4.69, 9.17) is 0 Å². The lowest BCUT2D eigenvalue weighted by Crippen LogP contribution is -2.42. The van der Waals surface area contributed by atoms with E-state index in [0.717, 1.165) is 17.5 Å². The minimum Gasteiger partial charge on any atom is -0.480 e. The van der Waals surface area contributed by atoms with Crippen molar-refractivity contribution in [2.45, 2.75) is 25.8 Å². The van der Waals surface area contributed by atoms with Crippen LogP contribution in [0.25, 0.3) is 0 Å². The maximum absolute atomic E-state index is 12.2. The molecule has 1 heterocycles. The molecule has 0 saturated heterocycles. The van der Waals surface area contributed by atoms with Crippen molar-refractivity contribution in [1.82, 2.24) is 5.32 Å². The van der Waals surface area contributed by atoms with Gasteiger partial charge < -0.3 is 10.4 Å². The van der Waals surface area contributed by atoms with Crippen molar-refractivity contribution in [2.75, 3.05) is 0 Å². The van der Waals surface area contributed by atoms with Gasteiger partial charge in [-0.05, 0) is 29.0 Å². The van der Waals surface area contributed by atoms with Crippen molar-refractivity contribution >= 4 is 23.2 Å². The Morgan fingerprint density at radius 2 is 1.95 bits per heavy atom. The summed E-state index contributed by atoms with van der Waals surface area (Å²) in [5.41, 5.74) is 1.83. The van der Waals surface area contributed by atoms with Crippen LogP contribution in [0.1, 0.15) is 27.7 Å². The number of amides is 1. The Balaban J connectivity index is 2.10. The lowest BCUT2D eigenvalue weighted by atomic mass is 10.1. The van der Waals surface area contributed by atoms with Gasteiger partial charge in [0.2, 0.25) is 0 Å². The predicted molar refractivity (Wildman–Crippen MR) is 82.7 cm³/mol. The van der Waals surface area contributed by atoms with Crippen LogP contribution in [0.3, 0.4) is 0 Å². The molecule has 0 saturated carbocycles. The Kier molecular flexibility index (Phi) is 5.11. The first-order valence-electron chi connectivity index (χ1n) is 6.75. The van der Waals surface area contributed by atoms with Gasteiger partial charge in [-0.2, -0.15) is 0 Å². The number of carbonyl (C=O) groups is 2. The number of carboxylic acids is 1. The zero-order valence-corrected chi connectivity index (χ0v) is 12.5. The molecule has 0 radical (unpaired) electrons. The second-order valence-corrected chi connectivity index (χ2v) is 5.60. The van der Waals surface area contributed by atoms with E-state index in [-0.39, 0.29) is 12.3 Å². The highest BCUT2D eigenvalue weighted by Gasteiger charge is 2.22. The second-order valence-electron chi connectivity index (χ2n) is 4.68. The van der Waals surface area contributed by atoms with Crippen LogP contribution in [0.4, 0.5) is 0 Å². The summed E-state index contributed by atoms with van der Waals surface area (Å²) in [5, 5.41) is 13.8. The lowest BCUT2D eigenvalue weighted by Gasteiger charge is -2.14. The van der Waals surface area contributed by atoms with Gasteiger partial charge in [0.05, 0.1) is 4.88 Å². The molecule has 1 unspecified atom stereocenters. The first-order chi connectivity index (χ1) is 10.1. The summed E-state index contributed by atoms with van der Waals surface area (Å²) in [6.07, 6.45) is 1.03. The van der Waals surface area contributed by atoms with Crippen LogP contribution in [0.15, 0.2) is 41.8 Å². The third kappa shape index (κ3) is 3.92. The summed E-state index contributed by atoms with van der Waals surface area (Å²) in [6, 6.07) is 10.3. The minimum absolute atomic E-state index is 0.273. The van der Waals surface area contributed by atoms with E-state index in [0.29, 0.717) is 4.88 Å². The Labute approximate surface area is 127 Å². The average Bonchev–Trinajstić information content (AvgIpc) is 2.96. The molecule has 0 bridgehead atoms. The van der Waals surface area contributed by atoms with E-state index in [9.17, 15) is 14.7 Å². The summed E-state index contributed by atoms with van der Waals surface area (Å²) >= 11 is 1.34. The molecule has 1 aromatic heterocycles. The number of hydrogen-bond donors (Lipinski definition) is 2. The minimum atomic E-state index is -1.03. The van der Waals surface area contributed by atoms with Crippen LogP contribution in [-0.2, 0) is 17.6 Å². The Morgan fingerprint density at radius 3 is 2.57 bits per heavy atom. The number of aryl methyl sites for hydroxylation is 1. The number of carbonyl (C=O) groups excluding carboxylic acids is 1. The average molecular weight is 303 g/mol. The van der Waals surface area contributed by atoms with Gasteiger partial charge in [0.1, 0.15) is 6.04 Å². The van der Waals surface area contributed by atoms with Gasteiger partial charge in [0, 0.05) is 6.42 Å². The summed E-state index contributed by atoms with van der Waals surface area (Å²) < 4.78 is 0. The molecule has 110 valence electrons. The smallest absolute Gasteiger partial charge is 0.326 e. The molecule has 1 amide bonds. The standard InChI is InChI=1S/C16H17NO3S/c1-2-12-8-9-21-14(12)15(18)17-13(16(19)20)10-11-6-4-3-5-7-11/h3-9,13H,2,10H2,1H3,(H,17,18)(H,19,20). The van der Waals surface area contributed by atoms with E-state index in [1.807, 2.05) is 48.7 Å². The molecule has 0 spiro atoms. The normalized spacial score (nSPS) is 11.9. The first kappa shape index (κ1) is 15.3. The molecular weight excluding hydrogens is 286 g/mol. The maximum Gasteiger partial charge on any atom is 0.326 e. The summed E-state index contributed by atoms with van der Waals surface area (Å²) in [6.45, 7) is 1.97. The van der Waals surface area contributed by atoms with Gasteiger partial charge in [-0.3, -0.25) is 4.79 Å². The van der Waals surface area contributed by atoms with Crippen LogP contribution in [-0.4, -0.2) is 23.0 Å². The second kappa shape index (κ2) is 7.04. The number of thiophene rings is 1. The zero-order valence-electron chi connectivity index (χ0n) is 11.7. The van der Waals surface area contributed by atoms with Gasteiger partial charge in [0.15, 0.2) is 0 Å². The molecule has 0 aliphatic heterocycles. The fourth-order valence-corrected chi connectivity index (χ4v) is 2.99. The molecular formula is C16H17NO3S. The summed E-state index contributed by atoms with van der Waals surface area (Å²) in [7, 11) is 0. The number of aliphatic carboxylic acids is 1. The number of carboxylic acid groups (broad SMARTS) is 1. The van der Waals surface area contributed by atoms with Crippen LogP contribution in [0, 0.1) is 0 Å². The van der Waals surface area contributed by atoms with Crippen molar-refractivity contribution in [1.29, 1.82) is 0 Å². The highest BCUT2D eigenvalue weighted by molar-refractivity contribution is 7.12. The molecule has 0 fully saturated rings. The van der Waals surface area contributed by atoms with E-state index in [2.05, 4.69) is 5.32 Å². The SMILES string of the molecule is CCc1ccsc1C(=O)NC(Cc1ccccc1)C(=O)O. The third-order valence-corrected chi connectivity index (χ3v) is 4.18. The molecule has 21 heavy (non-hydrogen) atoms. The van der Waals surface area contributed by atoms with Gasteiger partial charge in [0.25, 0.3) is 5.91 Å².